The minimum Gasteiger partial charge on any atom is -0.496 e. The summed E-state index contributed by atoms with van der Waals surface area (Å²) in [7, 11) is 1.34. The number of halogens is 5. The van der Waals surface area contributed by atoms with Crippen LogP contribution in [0.5, 0.6) is 5.75 Å². The van der Waals surface area contributed by atoms with Gasteiger partial charge in [0.05, 0.1) is 7.11 Å². The Morgan fingerprint density at radius 2 is 1.93 bits per heavy atom. The fourth-order valence-corrected chi connectivity index (χ4v) is 1.82. The normalized spacial score (nSPS) is 13.7. The molecule has 1 nitrogen and oxygen atoms in total. The molecule has 0 amide bonds. The second-order valence-corrected chi connectivity index (χ2v) is 4.62. The molecule has 0 aliphatic carbocycles. The smallest absolute Gasteiger partial charge is 0.405 e. The van der Waals surface area contributed by atoms with E-state index in [-0.39, 0.29) is 11.3 Å². The van der Waals surface area contributed by atoms with Gasteiger partial charge in [0, 0.05) is 10.0 Å². The van der Waals surface area contributed by atoms with Gasteiger partial charge in [-0.25, -0.2) is 0 Å². The molecule has 0 radical (unpaired) electrons. The molecule has 1 aromatic carbocycles. The molecule has 0 aromatic heterocycles. The van der Waals surface area contributed by atoms with Gasteiger partial charge >= 0.3 is 6.18 Å². The van der Waals surface area contributed by atoms with E-state index in [9.17, 15) is 13.2 Å². The monoisotopic (exact) mass is 346 g/mol. The first-order valence-corrected chi connectivity index (χ1v) is 5.61. The van der Waals surface area contributed by atoms with Crippen LogP contribution in [0.25, 0.3) is 0 Å². The van der Waals surface area contributed by atoms with Crippen molar-refractivity contribution >= 4 is 31.9 Å². The summed E-state index contributed by atoms with van der Waals surface area (Å²) in [4.78, 5) is -1.72. The lowest BCUT2D eigenvalue weighted by molar-refractivity contribution is -0.128. The molecule has 0 aliphatic rings. The number of methoxy groups -OCH3 is 1. The van der Waals surface area contributed by atoms with Gasteiger partial charge in [-0.3, -0.25) is 0 Å². The molecule has 0 heterocycles. The van der Waals surface area contributed by atoms with Gasteiger partial charge in [0.25, 0.3) is 0 Å². The van der Waals surface area contributed by atoms with Crippen LogP contribution in [0.1, 0.15) is 10.4 Å². The summed E-state index contributed by atoms with van der Waals surface area (Å²) in [6.07, 6.45) is -4.34. The molecule has 0 aliphatic heterocycles. The van der Waals surface area contributed by atoms with Crippen LogP contribution in [0.15, 0.2) is 22.7 Å². The standard InChI is InChI=1S/C9H7Br2F3O/c1-15-7-3-2-5(10)4-6(7)8(11)9(12,13)14/h2-4,8H,1H3. The summed E-state index contributed by atoms with van der Waals surface area (Å²) in [5.41, 5.74) is 0.0550. The second-order valence-electron chi connectivity index (χ2n) is 2.79. The van der Waals surface area contributed by atoms with Gasteiger partial charge in [-0.2, -0.15) is 13.2 Å². The van der Waals surface area contributed by atoms with E-state index in [1.807, 2.05) is 0 Å². The Morgan fingerprint density at radius 3 is 2.40 bits per heavy atom. The minimum absolute atomic E-state index is 0.0550. The Bertz CT molecular complexity index is 352. The van der Waals surface area contributed by atoms with Crippen molar-refractivity contribution in [2.45, 2.75) is 11.0 Å². The van der Waals surface area contributed by atoms with E-state index in [4.69, 9.17) is 4.74 Å². The Kier molecular flexibility index (Phi) is 4.06. The molecule has 0 N–H and O–H groups in total. The zero-order valence-electron chi connectivity index (χ0n) is 7.61. The van der Waals surface area contributed by atoms with E-state index < -0.39 is 11.0 Å². The summed E-state index contributed by atoms with van der Waals surface area (Å²) in [5, 5.41) is 0. The zero-order valence-corrected chi connectivity index (χ0v) is 10.8. The van der Waals surface area contributed by atoms with Crippen molar-refractivity contribution in [3.05, 3.63) is 28.2 Å². The largest absolute Gasteiger partial charge is 0.496 e. The highest BCUT2D eigenvalue weighted by Gasteiger charge is 2.40. The van der Waals surface area contributed by atoms with Gasteiger partial charge in [0.1, 0.15) is 10.6 Å². The van der Waals surface area contributed by atoms with Crippen molar-refractivity contribution < 1.29 is 17.9 Å². The molecule has 0 fully saturated rings. The van der Waals surface area contributed by atoms with E-state index in [1.54, 1.807) is 6.07 Å². The van der Waals surface area contributed by atoms with Crippen LogP contribution in [0, 0.1) is 0 Å². The third-order valence-electron chi connectivity index (χ3n) is 1.75. The van der Waals surface area contributed by atoms with Crippen molar-refractivity contribution in [2.24, 2.45) is 0 Å². The Morgan fingerprint density at radius 1 is 1.33 bits per heavy atom. The molecule has 6 heteroatoms. The fourth-order valence-electron chi connectivity index (χ4n) is 1.08. The van der Waals surface area contributed by atoms with Gasteiger partial charge in [-0.1, -0.05) is 31.9 Å². The number of rotatable bonds is 2. The summed E-state index contributed by atoms with van der Waals surface area (Å²) < 4.78 is 42.8. The third-order valence-corrected chi connectivity index (χ3v) is 3.26. The molecule has 15 heavy (non-hydrogen) atoms. The molecular weight excluding hydrogens is 341 g/mol. The van der Waals surface area contributed by atoms with Gasteiger partial charge < -0.3 is 4.74 Å². The first-order chi connectivity index (χ1) is 6.86. The second kappa shape index (κ2) is 4.74. The molecule has 1 rings (SSSR count). The first kappa shape index (κ1) is 12.8. The molecule has 0 saturated heterocycles. The number of hydrogen-bond acceptors (Lipinski definition) is 1. The van der Waals surface area contributed by atoms with E-state index in [0.717, 1.165) is 0 Å². The quantitative estimate of drug-likeness (QED) is 0.718. The molecule has 1 atom stereocenters. The fraction of sp³-hybridized carbons (Fsp3) is 0.333. The van der Waals surface area contributed by atoms with Crippen molar-refractivity contribution in [1.82, 2.24) is 0 Å². The third kappa shape index (κ3) is 3.11. The zero-order chi connectivity index (χ0) is 11.6. The Balaban J connectivity index is 3.17. The maximum absolute atomic E-state index is 12.5. The van der Waals surface area contributed by atoms with Gasteiger partial charge in [-0.15, -0.1) is 0 Å². The van der Waals surface area contributed by atoms with Crippen LogP contribution in [0.2, 0.25) is 0 Å². The van der Waals surface area contributed by atoms with Gasteiger partial charge in [0.2, 0.25) is 0 Å². The van der Waals surface area contributed by atoms with Gasteiger partial charge in [-0.05, 0) is 18.2 Å². The summed E-state index contributed by atoms with van der Waals surface area (Å²) >= 11 is 5.72. The number of alkyl halides is 4. The lowest BCUT2D eigenvalue weighted by Gasteiger charge is -2.17. The van der Waals surface area contributed by atoms with Crippen LogP contribution in [0.3, 0.4) is 0 Å². The van der Waals surface area contributed by atoms with E-state index >= 15 is 0 Å². The lowest BCUT2D eigenvalue weighted by Crippen LogP contribution is -2.16. The van der Waals surface area contributed by atoms with Crippen molar-refractivity contribution in [3.8, 4) is 5.75 Å². The molecule has 0 saturated carbocycles. The molecule has 0 bridgehead atoms. The van der Waals surface area contributed by atoms with Crippen LogP contribution in [-0.2, 0) is 0 Å². The van der Waals surface area contributed by atoms with Gasteiger partial charge in [0.15, 0.2) is 0 Å². The van der Waals surface area contributed by atoms with Crippen molar-refractivity contribution in [3.63, 3.8) is 0 Å². The Labute approximate surface area is 102 Å². The SMILES string of the molecule is COc1ccc(Br)cc1C(Br)C(F)(F)F. The number of ether oxygens (including phenoxy) is 1. The van der Waals surface area contributed by atoms with Crippen molar-refractivity contribution in [1.29, 1.82) is 0 Å². The Hall–Kier alpha value is -0.230. The predicted octanol–water partition coefficient (Wildman–Crippen LogP) is 4.46. The summed E-state index contributed by atoms with van der Waals surface area (Å²) in [5.74, 6) is 0.206. The molecular formula is C9H7Br2F3O. The highest BCUT2D eigenvalue weighted by Crippen LogP contribution is 2.43. The van der Waals surface area contributed by atoms with Crippen LogP contribution < -0.4 is 4.74 Å². The van der Waals surface area contributed by atoms with Crippen LogP contribution in [0.4, 0.5) is 13.2 Å². The van der Waals surface area contributed by atoms with E-state index in [1.165, 1.54) is 19.2 Å². The molecule has 1 unspecified atom stereocenters. The van der Waals surface area contributed by atoms with E-state index in [0.29, 0.717) is 4.47 Å². The number of hydrogen-bond donors (Lipinski definition) is 0. The lowest BCUT2D eigenvalue weighted by atomic mass is 10.1. The topological polar surface area (TPSA) is 9.23 Å². The molecule has 1 aromatic rings. The number of benzene rings is 1. The highest BCUT2D eigenvalue weighted by molar-refractivity contribution is 9.10. The van der Waals surface area contributed by atoms with Crippen molar-refractivity contribution in [2.75, 3.05) is 7.11 Å². The van der Waals surface area contributed by atoms with Crippen LogP contribution >= 0.6 is 31.9 Å². The van der Waals surface area contributed by atoms with E-state index in [2.05, 4.69) is 31.9 Å². The molecule has 0 spiro atoms. The highest BCUT2D eigenvalue weighted by atomic mass is 79.9. The summed E-state index contributed by atoms with van der Waals surface area (Å²) in [6.45, 7) is 0. The minimum atomic E-state index is -4.34. The maximum Gasteiger partial charge on any atom is 0.405 e. The average Bonchev–Trinajstić information content (AvgIpc) is 2.15. The maximum atomic E-state index is 12.5. The average molecular weight is 348 g/mol. The summed E-state index contributed by atoms with van der Waals surface area (Å²) in [6, 6.07) is 4.49. The predicted molar refractivity (Wildman–Crippen MR) is 58.4 cm³/mol. The van der Waals surface area contributed by atoms with Crippen LogP contribution in [-0.4, -0.2) is 13.3 Å². The first-order valence-electron chi connectivity index (χ1n) is 3.90. The molecule has 84 valence electrons.